The molecule has 186 valence electrons. The summed E-state index contributed by atoms with van der Waals surface area (Å²) >= 11 is 12.1. The molecule has 0 atom stereocenters. The number of sulfonamides is 1. The molecule has 1 fully saturated rings. The molecule has 0 saturated carbocycles. The monoisotopic (exact) mass is 534 g/mol. The molecule has 4 rings (SSSR count). The third-order valence-corrected chi connectivity index (χ3v) is 7.39. The van der Waals surface area contributed by atoms with Crippen LogP contribution in [0.15, 0.2) is 42.6 Å². The van der Waals surface area contributed by atoms with Crippen LogP contribution in [0.25, 0.3) is 16.6 Å². The molecule has 35 heavy (non-hydrogen) atoms. The number of piperidine rings is 1. The molecule has 1 aliphatic heterocycles. The number of alkyl halides is 1. The summed E-state index contributed by atoms with van der Waals surface area (Å²) in [6, 6.07) is 14.2. The molecule has 0 bridgehead atoms. The van der Waals surface area contributed by atoms with Gasteiger partial charge >= 0.3 is 0 Å². The Kier molecular flexibility index (Phi) is 8.25. The van der Waals surface area contributed by atoms with Crippen LogP contribution >= 0.6 is 23.2 Å². The van der Waals surface area contributed by atoms with Crippen LogP contribution in [0.5, 0.6) is 5.75 Å². The van der Waals surface area contributed by atoms with E-state index in [1.807, 2.05) is 10.8 Å². The number of nitrogens with zero attached hydrogens (tertiary/aromatic N) is 3. The van der Waals surface area contributed by atoms with Gasteiger partial charge < -0.3 is 14.2 Å². The number of rotatable bonds is 9. The molecule has 0 spiro atoms. The van der Waals surface area contributed by atoms with E-state index in [4.69, 9.17) is 27.9 Å². The maximum atomic E-state index is 11.4. The summed E-state index contributed by atoms with van der Waals surface area (Å²) in [6.45, 7) is 2.99. The van der Waals surface area contributed by atoms with Crippen molar-refractivity contribution in [3.05, 3.63) is 58.7 Å². The lowest BCUT2D eigenvalue weighted by Crippen LogP contribution is -2.44. The van der Waals surface area contributed by atoms with Crippen LogP contribution < -0.4 is 9.46 Å². The predicted molar refractivity (Wildman–Crippen MR) is 140 cm³/mol. The second-order valence-corrected chi connectivity index (χ2v) is 11.4. The molecular formula is C25H28Cl2N4O3S. The van der Waals surface area contributed by atoms with E-state index < -0.39 is 10.0 Å². The van der Waals surface area contributed by atoms with Crippen LogP contribution in [-0.4, -0.2) is 62.3 Å². The van der Waals surface area contributed by atoms with Crippen LogP contribution in [0.3, 0.4) is 0 Å². The number of hydrogen-bond donors (Lipinski definition) is 1. The molecule has 0 radical (unpaired) electrons. The van der Waals surface area contributed by atoms with Crippen LogP contribution in [0.1, 0.15) is 24.0 Å². The van der Waals surface area contributed by atoms with Crippen molar-refractivity contribution in [3.63, 3.8) is 0 Å². The highest BCUT2D eigenvalue weighted by atomic mass is 35.5. The molecule has 0 aliphatic carbocycles. The van der Waals surface area contributed by atoms with Crippen molar-refractivity contribution >= 4 is 44.1 Å². The number of hydrogen-bond acceptors (Lipinski definition) is 5. The quantitative estimate of drug-likeness (QED) is 0.413. The van der Waals surface area contributed by atoms with Crippen molar-refractivity contribution in [2.75, 3.05) is 38.4 Å². The maximum Gasteiger partial charge on any atom is 0.208 e. The fraction of sp³-hybridized carbons (Fsp3) is 0.400. The SMILES string of the molecule is CS(=O)(=O)NC1CCN(CCc2ccc3c(ccn3-c3cc(Cl)c(OCCCl)c(C#N)c3)c2)CC1. The molecule has 0 amide bonds. The Bertz CT molecular complexity index is 1340. The summed E-state index contributed by atoms with van der Waals surface area (Å²) in [5.41, 5.74) is 3.42. The Labute approximate surface area is 216 Å². The number of fused-ring (bicyclic) bond motifs is 1. The van der Waals surface area contributed by atoms with Gasteiger partial charge in [-0.1, -0.05) is 17.7 Å². The highest BCUT2D eigenvalue weighted by Crippen LogP contribution is 2.33. The molecule has 10 heteroatoms. The first-order chi connectivity index (χ1) is 16.8. The second kappa shape index (κ2) is 11.2. The van der Waals surface area contributed by atoms with Gasteiger partial charge in [0.1, 0.15) is 12.7 Å². The predicted octanol–water partition coefficient (Wildman–Crippen LogP) is 4.33. The van der Waals surface area contributed by atoms with Crippen molar-refractivity contribution < 1.29 is 13.2 Å². The fourth-order valence-corrected chi connectivity index (χ4v) is 5.71. The molecule has 3 aromatic rings. The molecule has 1 aromatic heterocycles. The molecule has 2 heterocycles. The van der Waals surface area contributed by atoms with Crippen LogP contribution in [0, 0.1) is 11.3 Å². The third-order valence-electron chi connectivity index (χ3n) is 6.19. The lowest BCUT2D eigenvalue weighted by molar-refractivity contribution is 0.209. The highest BCUT2D eigenvalue weighted by Gasteiger charge is 2.21. The Morgan fingerprint density at radius 2 is 1.97 bits per heavy atom. The first-order valence-electron chi connectivity index (χ1n) is 11.5. The van der Waals surface area contributed by atoms with Crippen LogP contribution in [0.4, 0.5) is 0 Å². The fourth-order valence-electron chi connectivity index (χ4n) is 4.53. The Morgan fingerprint density at radius 1 is 1.20 bits per heavy atom. The van der Waals surface area contributed by atoms with Gasteiger partial charge in [-0.15, -0.1) is 11.6 Å². The largest absolute Gasteiger partial charge is 0.489 e. The molecular weight excluding hydrogens is 507 g/mol. The van der Waals surface area contributed by atoms with Gasteiger partial charge in [0.2, 0.25) is 10.0 Å². The molecule has 1 N–H and O–H groups in total. The Morgan fingerprint density at radius 3 is 2.66 bits per heavy atom. The zero-order valence-corrected chi connectivity index (χ0v) is 21.8. The number of ether oxygens (including phenoxy) is 1. The molecule has 7 nitrogen and oxygen atoms in total. The smallest absolute Gasteiger partial charge is 0.208 e. The standard InChI is InChI=1S/C25H28Cl2N4O3S/c1-35(32,33)29-21-6-10-30(11-7-21)9-4-18-2-3-24-19(14-18)5-12-31(24)22-15-20(17-28)25(23(27)16-22)34-13-8-26/h2-3,5,12,14-16,21,29H,4,6-11,13H2,1H3. The number of benzene rings is 2. The van der Waals surface area contributed by atoms with Gasteiger partial charge in [0.15, 0.2) is 5.75 Å². The van der Waals surface area contributed by atoms with Gasteiger partial charge in [-0.3, -0.25) is 0 Å². The summed E-state index contributed by atoms with van der Waals surface area (Å²) < 4.78 is 33.2. The molecule has 2 aromatic carbocycles. The molecule has 0 unspecified atom stereocenters. The Hall–Kier alpha value is -2.28. The van der Waals surface area contributed by atoms with Gasteiger partial charge in [0.05, 0.1) is 28.2 Å². The summed E-state index contributed by atoms with van der Waals surface area (Å²) in [4.78, 5) is 2.38. The van der Waals surface area contributed by atoms with Gasteiger partial charge in [-0.25, -0.2) is 13.1 Å². The van der Waals surface area contributed by atoms with Gasteiger partial charge in [0, 0.05) is 29.9 Å². The average molecular weight is 535 g/mol. The van der Waals surface area contributed by atoms with Gasteiger partial charge in [-0.05, 0) is 68.2 Å². The second-order valence-electron chi connectivity index (χ2n) is 8.79. The van der Waals surface area contributed by atoms with E-state index >= 15 is 0 Å². The van der Waals surface area contributed by atoms with Crippen LogP contribution in [0.2, 0.25) is 5.02 Å². The lowest BCUT2D eigenvalue weighted by Gasteiger charge is -2.31. The minimum absolute atomic E-state index is 0.0355. The van der Waals surface area contributed by atoms with E-state index in [2.05, 4.69) is 40.0 Å². The zero-order chi connectivity index (χ0) is 25.0. The topological polar surface area (TPSA) is 87.4 Å². The van der Waals surface area contributed by atoms with Gasteiger partial charge in [-0.2, -0.15) is 5.26 Å². The first kappa shape index (κ1) is 25.8. The normalized spacial score (nSPS) is 15.4. The van der Waals surface area contributed by atoms with Crippen LogP contribution in [-0.2, 0) is 16.4 Å². The number of likely N-dealkylation sites (tertiary alicyclic amines) is 1. The number of nitrogens with one attached hydrogen (secondary N) is 1. The van der Waals surface area contributed by atoms with Crippen molar-refractivity contribution in [1.82, 2.24) is 14.2 Å². The molecule has 1 aliphatic rings. The first-order valence-corrected chi connectivity index (χ1v) is 14.3. The van der Waals surface area contributed by atoms with E-state index in [1.165, 1.54) is 11.8 Å². The summed E-state index contributed by atoms with van der Waals surface area (Å²) in [6.07, 6.45) is 5.77. The Balaban J connectivity index is 1.44. The average Bonchev–Trinajstić information content (AvgIpc) is 3.25. The van der Waals surface area contributed by atoms with E-state index in [0.29, 0.717) is 22.2 Å². The third kappa shape index (κ3) is 6.49. The van der Waals surface area contributed by atoms with Crippen molar-refractivity contribution in [3.8, 4) is 17.5 Å². The lowest BCUT2D eigenvalue weighted by atomic mass is 10.0. The number of nitriles is 1. The van der Waals surface area contributed by atoms with Gasteiger partial charge in [0.25, 0.3) is 0 Å². The molecule has 1 saturated heterocycles. The summed E-state index contributed by atoms with van der Waals surface area (Å²) in [7, 11) is -3.15. The summed E-state index contributed by atoms with van der Waals surface area (Å²) in [5, 5.41) is 11.1. The van der Waals surface area contributed by atoms with Crippen molar-refractivity contribution in [1.29, 1.82) is 5.26 Å². The van der Waals surface area contributed by atoms with E-state index in [-0.39, 0.29) is 12.6 Å². The van der Waals surface area contributed by atoms with Crippen molar-refractivity contribution in [2.24, 2.45) is 0 Å². The summed E-state index contributed by atoms with van der Waals surface area (Å²) in [5.74, 6) is 0.667. The number of halogens is 2. The van der Waals surface area contributed by atoms with E-state index in [0.717, 1.165) is 55.5 Å². The van der Waals surface area contributed by atoms with E-state index in [1.54, 1.807) is 12.1 Å². The maximum absolute atomic E-state index is 11.4. The number of aromatic nitrogens is 1. The zero-order valence-electron chi connectivity index (χ0n) is 19.5. The highest BCUT2D eigenvalue weighted by molar-refractivity contribution is 7.88. The van der Waals surface area contributed by atoms with Crippen molar-refractivity contribution in [2.45, 2.75) is 25.3 Å². The minimum atomic E-state index is -3.15. The minimum Gasteiger partial charge on any atom is -0.489 e. The van der Waals surface area contributed by atoms with E-state index in [9.17, 15) is 13.7 Å².